The maximum Gasteiger partial charge on any atom is 0.0721 e. The van der Waals surface area contributed by atoms with Gasteiger partial charge in [0.15, 0.2) is 0 Å². The SMILES string of the molecule is CC1CCC(Nc2c(Cl)cccc2Cl)C(C)C1. The number of hydrogen-bond acceptors (Lipinski definition) is 1. The summed E-state index contributed by atoms with van der Waals surface area (Å²) in [5.74, 6) is 1.51. The summed E-state index contributed by atoms with van der Waals surface area (Å²) in [6.07, 6.45) is 3.76. The Morgan fingerprint density at radius 2 is 1.76 bits per heavy atom. The minimum Gasteiger partial charge on any atom is -0.380 e. The van der Waals surface area contributed by atoms with Gasteiger partial charge in [0.2, 0.25) is 0 Å². The third-order valence-corrected chi connectivity index (χ3v) is 4.35. The van der Waals surface area contributed by atoms with E-state index in [1.165, 1.54) is 19.3 Å². The number of rotatable bonds is 2. The fourth-order valence-corrected chi connectivity index (χ4v) is 3.21. The van der Waals surface area contributed by atoms with Gasteiger partial charge in [0.25, 0.3) is 0 Å². The maximum atomic E-state index is 6.18. The Morgan fingerprint density at radius 1 is 1.12 bits per heavy atom. The highest BCUT2D eigenvalue weighted by Gasteiger charge is 2.26. The van der Waals surface area contributed by atoms with Crippen molar-refractivity contribution < 1.29 is 0 Å². The topological polar surface area (TPSA) is 12.0 Å². The van der Waals surface area contributed by atoms with Crippen molar-refractivity contribution >= 4 is 28.9 Å². The van der Waals surface area contributed by atoms with Gasteiger partial charge in [-0.2, -0.15) is 0 Å². The van der Waals surface area contributed by atoms with Gasteiger partial charge in [-0.15, -0.1) is 0 Å². The minimum absolute atomic E-state index is 0.489. The largest absolute Gasteiger partial charge is 0.380 e. The zero-order valence-electron chi connectivity index (χ0n) is 10.3. The standard InChI is InChI=1S/C14H19Cl2N/c1-9-6-7-13(10(2)8-9)17-14-11(15)4-3-5-12(14)16/h3-5,9-10,13,17H,6-8H2,1-2H3. The second-order valence-electron chi connectivity index (χ2n) is 5.24. The molecule has 0 spiro atoms. The van der Waals surface area contributed by atoms with Crippen molar-refractivity contribution in [2.75, 3.05) is 5.32 Å². The maximum absolute atomic E-state index is 6.18. The molecule has 1 N–H and O–H groups in total. The average molecular weight is 272 g/mol. The Kier molecular flexibility index (Phi) is 4.22. The number of anilines is 1. The first kappa shape index (κ1) is 13.0. The third-order valence-electron chi connectivity index (χ3n) is 3.72. The molecule has 17 heavy (non-hydrogen) atoms. The molecule has 0 heterocycles. The van der Waals surface area contributed by atoms with Gasteiger partial charge in [0.05, 0.1) is 15.7 Å². The van der Waals surface area contributed by atoms with E-state index in [0.717, 1.165) is 11.6 Å². The molecule has 1 aliphatic carbocycles. The zero-order chi connectivity index (χ0) is 12.4. The van der Waals surface area contributed by atoms with E-state index < -0.39 is 0 Å². The summed E-state index contributed by atoms with van der Waals surface area (Å²) in [5, 5.41) is 4.95. The molecule has 1 aromatic carbocycles. The molecule has 2 rings (SSSR count). The zero-order valence-corrected chi connectivity index (χ0v) is 11.9. The van der Waals surface area contributed by atoms with Gasteiger partial charge >= 0.3 is 0 Å². The van der Waals surface area contributed by atoms with E-state index in [4.69, 9.17) is 23.2 Å². The lowest BCUT2D eigenvalue weighted by Crippen LogP contribution is -2.33. The lowest BCUT2D eigenvalue weighted by Gasteiger charge is -2.34. The van der Waals surface area contributed by atoms with Crippen LogP contribution in [0.15, 0.2) is 18.2 Å². The van der Waals surface area contributed by atoms with Crippen LogP contribution in [0.25, 0.3) is 0 Å². The van der Waals surface area contributed by atoms with Crippen molar-refractivity contribution in [1.82, 2.24) is 0 Å². The van der Waals surface area contributed by atoms with E-state index in [0.29, 0.717) is 22.0 Å². The number of nitrogens with one attached hydrogen (secondary N) is 1. The molecule has 0 radical (unpaired) electrons. The molecule has 3 unspecified atom stereocenters. The molecule has 3 heteroatoms. The van der Waals surface area contributed by atoms with Crippen LogP contribution in [0.5, 0.6) is 0 Å². The average Bonchev–Trinajstić information content (AvgIpc) is 2.26. The third kappa shape index (κ3) is 3.08. The number of halogens is 2. The van der Waals surface area contributed by atoms with Crippen LogP contribution < -0.4 is 5.32 Å². The monoisotopic (exact) mass is 271 g/mol. The van der Waals surface area contributed by atoms with E-state index in [2.05, 4.69) is 19.2 Å². The second-order valence-corrected chi connectivity index (χ2v) is 6.06. The van der Waals surface area contributed by atoms with Crippen LogP contribution in [-0.4, -0.2) is 6.04 Å². The van der Waals surface area contributed by atoms with E-state index >= 15 is 0 Å². The first-order valence-corrected chi connectivity index (χ1v) is 7.04. The highest BCUT2D eigenvalue weighted by Crippen LogP contribution is 2.35. The fraction of sp³-hybridized carbons (Fsp3) is 0.571. The van der Waals surface area contributed by atoms with Crippen LogP contribution in [-0.2, 0) is 0 Å². The normalized spacial score (nSPS) is 29.1. The van der Waals surface area contributed by atoms with Crippen molar-refractivity contribution in [3.8, 4) is 0 Å². The summed E-state index contributed by atoms with van der Waals surface area (Å²) < 4.78 is 0. The van der Waals surface area contributed by atoms with Gasteiger partial charge in [-0.1, -0.05) is 43.1 Å². The van der Waals surface area contributed by atoms with Gasteiger partial charge in [0.1, 0.15) is 0 Å². The molecule has 0 saturated heterocycles. The summed E-state index contributed by atoms with van der Waals surface area (Å²) in [7, 11) is 0. The second kappa shape index (κ2) is 5.49. The van der Waals surface area contributed by atoms with E-state index in [9.17, 15) is 0 Å². The number of hydrogen-bond donors (Lipinski definition) is 1. The van der Waals surface area contributed by atoms with Crippen LogP contribution in [0.2, 0.25) is 10.0 Å². The minimum atomic E-state index is 0.489. The van der Waals surface area contributed by atoms with Gasteiger partial charge in [-0.3, -0.25) is 0 Å². The molecule has 1 aliphatic rings. The van der Waals surface area contributed by atoms with Crippen molar-refractivity contribution in [3.63, 3.8) is 0 Å². The Balaban J connectivity index is 2.10. The molecule has 0 aliphatic heterocycles. The van der Waals surface area contributed by atoms with Crippen molar-refractivity contribution in [3.05, 3.63) is 28.2 Å². The first-order chi connectivity index (χ1) is 8.08. The van der Waals surface area contributed by atoms with Gasteiger partial charge < -0.3 is 5.32 Å². The van der Waals surface area contributed by atoms with Crippen LogP contribution in [0, 0.1) is 11.8 Å². The highest BCUT2D eigenvalue weighted by atomic mass is 35.5. The molecular weight excluding hydrogens is 253 g/mol. The fourth-order valence-electron chi connectivity index (χ4n) is 2.70. The number of para-hydroxylation sites is 1. The van der Waals surface area contributed by atoms with Gasteiger partial charge in [-0.05, 0) is 43.2 Å². The molecule has 1 saturated carbocycles. The lowest BCUT2D eigenvalue weighted by atomic mass is 9.80. The molecule has 3 atom stereocenters. The van der Waals surface area contributed by atoms with Crippen molar-refractivity contribution in [2.45, 2.75) is 39.2 Å². The van der Waals surface area contributed by atoms with E-state index in [1.54, 1.807) is 0 Å². The van der Waals surface area contributed by atoms with Crippen molar-refractivity contribution in [2.24, 2.45) is 11.8 Å². The molecule has 94 valence electrons. The quantitative estimate of drug-likeness (QED) is 0.777. The molecular formula is C14H19Cl2N. The molecule has 0 bridgehead atoms. The summed E-state index contributed by atoms with van der Waals surface area (Å²) in [5.41, 5.74) is 0.891. The van der Waals surface area contributed by atoms with Crippen molar-refractivity contribution in [1.29, 1.82) is 0 Å². The predicted octanol–water partition coefficient (Wildman–Crippen LogP) is 5.23. The Morgan fingerprint density at radius 3 is 2.35 bits per heavy atom. The summed E-state index contributed by atoms with van der Waals surface area (Å²) in [4.78, 5) is 0. The summed E-state index contributed by atoms with van der Waals surface area (Å²) in [6.45, 7) is 4.63. The smallest absolute Gasteiger partial charge is 0.0721 e. The van der Waals surface area contributed by atoms with Crippen LogP contribution in [0.1, 0.15) is 33.1 Å². The summed E-state index contributed by atoms with van der Waals surface area (Å²) in [6, 6.07) is 6.13. The molecule has 0 amide bonds. The molecule has 0 aromatic heterocycles. The Labute approximate surface area is 114 Å². The highest BCUT2D eigenvalue weighted by molar-refractivity contribution is 6.39. The number of benzene rings is 1. The van der Waals surface area contributed by atoms with Crippen LogP contribution >= 0.6 is 23.2 Å². The Hall–Kier alpha value is -0.400. The van der Waals surface area contributed by atoms with E-state index in [-0.39, 0.29) is 0 Å². The summed E-state index contributed by atoms with van der Waals surface area (Å²) >= 11 is 12.4. The van der Waals surface area contributed by atoms with E-state index in [1.807, 2.05) is 18.2 Å². The molecule has 1 fully saturated rings. The first-order valence-electron chi connectivity index (χ1n) is 6.28. The lowest BCUT2D eigenvalue weighted by molar-refractivity contribution is 0.276. The molecule has 1 nitrogen and oxygen atoms in total. The predicted molar refractivity (Wildman–Crippen MR) is 76.1 cm³/mol. The van der Waals surface area contributed by atoms with Gasteiger partial charge in [-0.25, -0.2) is 0 Å². The van der Waals surface area contributed by atoms with Crippen LogP contribution in [0.3, 0.4) is 0 Å². The Bertz CT molecular complexity index is 372. The van der Waals surface area contributed by atoms with Crippen LogP contribution in [0.4, 0.5) is 5.69 Å². The van der Waals surface area contributed by atoms with Gasteiger partial charge in [0, 0.05) is 6.04 Å². The molecule has 1 aromatic rings.